The Balaban J connectivity index is 1.92. The van der Waals surface area contributed by atoms with Gasteiger partial charge in [-0.05, 0) is 18.3 Å². The highest BCUT2D eigenvalue weighted by molar-refractivity contribution is 6.61. The van der Waals surface area contributed by atoms with Gasteiger partial charge >= 0.3 is 0 Å². The molecule has 0 aromatic carbocycles. The summed E-state index contributed by atoms with van der Waals surface area (Å²) in [5.74, 6) is 0. The molecule has 2 fully saturated rings. The van der Waals surface area contributed by atoms with E-state index in [1.54, 1.807) is 25.5 Å². The summed E-state index contributed by atoms with van der Waals surface area (Å²) in [6, 6.07) is 0. The zero-order chi connectivity index (χ0) is 5.61. The van der Waals surface area contributed by atoms with Crippen molar-refractivity contribution in [2.45, 2.75) is 38.7 Å². The molecule has 0 aromatic heterocycles. The molecule has 1 spiro atoms. The summed E-state index contributed by atoms with van der Waals surface area (Å²) in [7, 11) is 0. The van der Waals surface area contributed by atoms with Gasteiger partial charge in [-0.2, -0.15) is 0 Å². The van der Waals surface area contributed by atoms with Crippen molar-refractivity contribution in [2.24, 2.45) is 5.41 Å². The maximum atomic E-state index is 2.38. The first-order valence-electron chi connectivity index (χ1n) is 3.81. The average Bonchev–Trinajstić information content (AvgIpc) is 1.51. The molecule has 44 valence electrons. The molecule has 2 aliphatic rings. The molecule has 1 saturated heterocycles. The van der Waals surface area contributed by atoms with Gasteiger partial charge in [-0.25, -0.2) is 0 Å². The minimum Gasteiger partial charge on any atom is -0.0861 e. The highest BCUT2D eigenvalue weighted by atomic mass is 14.4. The van der Waals surface area contributed by atoms with Gasteiger partial charge in [0.15, 0.2) is 0 Å². The largest absolute Gasteiger partial charge is 0.137 e. The van der Waals surface area contributed by atoms with Crippen LogP contribution in [0.2, 0.25) is 19.5 Å². The fourth-order valence-corrected chi connectivity index (χ4v) is 2.50. The third-order valence-electron chi connectivity index (χ3n) is 2.98. The normalized spacial score (nSPS) is 31.9. The van der Waals surface area contributed by atoms with Gasteiger partial charge in [0.25, 0.3) is 0 Å². The lowest BCUT2D eigenvalue weighted by atomic mass is 9.24. The first-order chi connectivity index (χ1) is 3.81. The molecule has 1 aliphatic heterocycles. The van der Waals surface area contributed by atoms with Crippen molar-refractivity contribution in [1.82, 2.24) is 0 Å². The van der Waals surface area contributed by atoms with Gasteiger partial charge in [0.1, 0.15) is 6.71 Å². The lowest BCUT2D eigenvalue weighted by Gasteiger charge is -2.52. The second-order valence-electron chi connectivity index (χ2n) is 3.87. The zero-order valence-electron chi connectivity index (χ0n) is 5.61. The molecule has 0 nitrogen and oxygen atoms in total. The molecule has 0 N–H and O–H groups in total. The van der Waals surface area contributed by atoms with E-state index < -0.39 is 0 Å². The minimum atomic E-state index is 0.916. The fraction of sp³-hybridized carbons (Fsp3) is 1.00. The molecular weight excluding hydrogens is 94.9 g/mol. The Kier molecular flexibility index (Phi) is 0.804. The molecular formula is C7H13B. The van der Waals surface area contributed by atoms with Crippen molar-refractivity contribution >= 4 is 6.71 Å². The van der Waals surface area contributed by atoms with E-state index in [4.69, 9.17) is 0 Å². The number of hydrogen-bond acceptors (Lipinski definition) is 0. The van der Waals surface area contributed by atoms with Crippen molar-refractivity contribution < 1.29 is 0 Å². The molecule has 0 aromatic rings. The van der Waals surface area contributed by atoms with Crippen LogP contribution in [0, 0.1) is 5.41 Å². The van der Waals surface area contributed by atoms with Gasteiger partial charge in [0.2, 0.25) is 0 Å². The van der Waals surface area contributed by atoms with Gasteiger partial charge in [-0.15, -0.1) is 0 Å². The highest BCUT2D eigenvalue weighted by Crippen LogP contribution is 2.56. The highest BCUT2D eigenvalue weighted by Gasteiger charge is 2.47. The third-order valence-corrected chi connectivity index (χ3v) is 2.98. The molecule has 0 unspecified atom stereocenters. The lowest BCUT2D eigenvalue weighted by Crippen LogP contribution is -2.45. The maximum Gasteiger partial charge on any atom is 0.137 e. The number of rotatable bonds is 0. The van der Waals surface area contributed by atoms with E-state index in [2.05, 4.69) is 6.82 Å². The Labute approximate surface area is 51.7 Å². The summed E-state index contributed by atoms with van der Waals surface area (Å²) in [4.78, 5) is 0. The molecule has 0 bridgehead atoms. The van der Waals surface area contributed by atoms with Gasteiger partial charge < -0.3 is 0 Å². The first kappa shape index (κ1) is 4.90. The standard InChI is InChI=1S/C7H13B/c1-8-5-7(6-8)3-2-4-7/h2-6H2,1H3. The van der Waals surface area contributed by atoms with Crippen LogP contribution in [0.5, 0.6) is 0 Å². The van der Waals surface area contributed by atoms with Crippen LogP contribution in [0.25, 0.3) is 0 Å². The van der Waals surface area contributed by atoms with E-state index in [9.17, 15) is 0 Å². The Morgan fingerprint density at radius 3 is 2.00 bits per heavy atom. The smallest absolute Gasteiger partial charge is 0.0861 e. The van der Waals surface area contributed by atoms with E-state index in [1.807, 2.05) is 0 Å². The van der Waals surface area contributed by atoms with Crippen LogP contribution in [0.4, 0.5) is 0 Å². The molecule has 0 amide bonds. The molecule has 8 heavy (non-hydrogen) atoms. The van der Waals surface area contributed by atoms with Crippen LogP contribution in [-0.4, -0.2) is 6.71 Å². The SMILES string of the molecule is CB1CC2(CCC2)C1. The van der Waals surface area contributed by atoms with Gasteiger partial charge in [-0.3, -0.25) is 0 Å². The number of hydrogen-bond donors (Lipinski definition) is 0. The summed E-state index contributed by atoms with van der Waals surface area (Å²) < 4.78 is 0. The van der Waals surface area contributed by atoms with Gasteiger partial charge in [0, 0.05) is 0 Å². The quantitative estimate of drug-likeness (QED) is 0.417. The van der Waals surface area contributed by atoms with E-state index in [1.165, 1.54) is 6.42 Å². The zero-order valence-corrected chi connectivity index (χ0v) is 5.61. The van der Waals surface area contributed by atoms with Crippen LogP contribution >= 0.6 is 0 Å². The second kappa shape index (κ2) is 1.31. The monoisotopic (exact) mass is 108 g/mol. The molecule has 1 heterocycles. The predicted molar refractivity (Wildman–Crippen MR) is 37.5 cm³/mol. The summed E-state index contributed by atoms with van der Waals surface area (Å²) in [6.45, 7) is 3.44. The molecule has 0 atom stereocenters. The minimum absolute atomic E-state index is 0.916. The Hall–Kier alpha value is 0.0649. The summed E-state index contributed by atoms with van der Waals surface area (Å²) in [5.41, 5.74) is 0.916. The van der Waals surface area contributed by atoms with Crippen molar-refractivity contribution in [2.75, 3.05) is 0 Å². The van der Waals surface area contributed by atoms with Crippen LogP contribution < -0.4 is 0 Å². The Morgan fingerprint density at radius 2 is 1.88 bits per heavy atom. The van der Waals surface area contributed by atoms with E-state index >= 15 is 0 Å². The van der Waals surface area contributed by atoms with E-state index in [-0.39, 0.29) is 0 Å². The van der Waals surface area contributed by atoms with Crippen LogP contribution in [0.15, 0.2) is 0 Å². The van der Waals surface area contributed by atoms with E-state index in [0.717, 1.165) is 12.1 Å². The fourth-order valence-electron chi connectivity index (χ4n) is 2.50. The van der Waals surface area contributed by atoms with Crippen LogP contribution in [0.3, 0.4) is 0 Å². The van der Waals surface area contributed by atoms with Crippen molar-refractivity contribution in [3.05, 3.63) is 0 Å². The Bertz CT molecular complexity index is 97.0. The van der Waals surface area contributed by atoms with Gasteiger partial charge in [0.05, 0.1) is 0 Å². The predicted octanol–water partition coefficient (Wildman–Crippen LogP) is 2.29. The van der Waals surface area contributed by atoms with Crippen molar-refractivity contribution in [3.8, 4) is 0 Å². The molecule has 1 heteroatoms. The van der Waals surface area contributed by atoms with Gasteiger partial charge in [-0.1, -0.05) is 25.9 Å². The Morgan fingerprint density at radius 1 is 1.25 bits per heavy atom. The first-order valence-corrected chi connectivity index (χ1v) is 3.81. The lowest BCUT2D eigenvalue weighted by molar-refractivity contribution is 0.161. The second-order valence-corrected chi connectivity index (χ2v) is 3.87. The third kappa shape index (κ3) is 0.477. The summed E-state index contributed by atoms with van der Waals surface area (Å²) in [5, 5.41) is 0. The van der Waals surface area contributed by atoms with E-state index in [0.29, 0.717) is 0 Å². The van der Waals surface area contributed by atoms with Crippen LogP contribution in [-0.2, 0) is 0 Å². The molecule has 2 rings (SSSR count). The topological polar surface area (TPSA) is 0 Å². The summed E-state index contributed by atoms with van der Waals surface area (Å²) >= 11 is 0. The van der Waals surface area contributed by atoms with Crippen molar-refractivity contribution in [1.29, 1.82) is 0 Å². The van der Waals surface area contributed by atoms with Crippen molar-refractivity contribution in [3.63, 3.8) is 0 Å². The average molecular weight is 108 g/mol. The molecule has 0 radical (unpaired) electrons. The molecule has 1 saturated carbocycles. The molecule has 1 aliphatic carbocycles. The van der Waals surface area contributed by atoms with Crippen LogP contribution in [0.1, 0.15) is 19.3 Å². The summed E-state index contributed by atoms with van der Waals surface area (Å²) in [6.07, 6.45) is 7.72. The maximum absolute atomic E-state index is 2.38.